The molecule has 0 saturated heterocycles. The Morgan fingerprint density at radius 1 is 1.35 bits per heavy atom. The molecular formula is C13H18O4. The van der Waals surface area contributed by atoms with Crippen LogP contribution in [0.3, 0.4) is 0 Å². The molecule has 0 saturated carbocycles. The van der Waals surface area contributed by atoms with Crippen LogP contribution in [0, 0.1) is 0 Å². The molecule has 0 atom stereocenters. The lowest BCUT2D eigenvalue weighted by Crippen LogP contribution is -2.09. The summed E-state index contributed by atoms with van der Waals surface area (Å²) in [5.41, 5.74) is 1.04. The zero-order valence-corrected chi connectivity index (χ0v) is 10.3. The predicted molar refractivity (Wildman–Crippen MR) is 63.9 cm³/mol. The average Bonchev–Trinajstić information content (AvgIpc) is 2.30. The monoisotopic (exact) mass is 238 g/mol. The number of benzene rings is 1. The van der Waals surface area contributed by atoms with Crippen molar-refractivity contribution in [2.75, 3.05) is 20.3 Å². The first kappa shape index (κ1) is 13.5. The van der Waals surface area contributed by atoms with Gasteiger partial charge in [-0.3, -0.25) is 4.79 Å². The minimum Gasteiger partial charge on any atom is -0.493 e. The van der Waals surface area contributed by atoms with E-state index >= 15 is 0 Å². The summed E-state index contributed by atoms with van der Waals surface area (Å²) in [6, 6.07) is 7.61. The summed E-state index contributed by atoms with van der Waals surface area (Å²) in [5.74, 6) is 0.504. The first-order valence-electron chi connectivity index (χ1n) is 5.62. The van der Waals surface area contributed by atoms with Crippen molar-refractivity contribution in [1.82, 2.24) is 0 Å². The molecule has 1 rings (SSSR count). The van der Waals surface area contributed by atoms with Crippen molar-refractivity contribution >= 4 is 5.97 Å². The summed E-state index contributed by atoms with van der Waals surface area (Å²) >= 11 is 0. The average molecular weight is 238 g/mol. The highest BCUT2D eigenvalue weighted by Gasteiger charge is 2.02. The van der Waals surface area contributed by atoms with E-state index in [-0.39, 0.29) is 12.4 Å². The Morgan fingerprint density at radius 2 is 2.18 bits per heavy atom. The molecule has 0 radical (unpaired) electrons. The van der Waals surface area contributed by atoms with Crippen LogP contribution in [0.15, 0.2) is 24.3 Å². The Bertz CT molecular complexity index is 349. The van der Waals surface area contributed by atoms with E-state index < -0.39 is 0 Å². The zero-order chi connectivity index (χ0) is 12.5. The van der Waals surface area contributed by atoms with Gasteiger partial charge in [0.25, 0.3) is 0 Å². The van der Waals surface area contributed by atoms with E-state index in [0.29, 0.717) is 19.8 Å². The molecule has 0 bridgehead atoms. The van der Waals surface area contributed by atoms with Gasteiger partial charge in [0.05, 0.1) is 26.2 Å². The summed E-state index contributed by atoms with van der Waals surface area (Å²) in [7, 11) is 1.65. The number of hydrogen-bond acceptors (Lipinski definition) is 4. The van der Waals surface area contributed by atoms with Gasteiger partial charge < -0.3 is 14.2 Å². The van der Waals surface area contributed by atoms with Crippen molar-refractivity contribution in [3.63, 3.8) is 0 Å². The number of ether oxygens (including phenoxy) is 3. The Kier molecular flexibility index (Phi) is 6.10. The molecule has 4 heteroatoms. The van der Waals surface area contributed by atoms with Gasteiger partial charge in [-0.15, -0.1) is 0 Å². The fourth-order valence-electron chi connectivity index (χ4n) is 1.38. The quantitative estimate of drug-likeness (QED) is 0.683. The van der Waals surface area contributed by atoms with Gasteiger partial charge in [-0.25, -0.2) is 0 Å². The molecule has 0 fully saturated rings. The molecule has 0 heterocycles. The van der Waals surface area contributed by atoms with Crippen LogP contribution >= 0.6 is 0 Å². The molecule has 1 aromatic rings. The summed E-state index contributed by atoms with van der Waals surface area (Å²) in [5, 5.41) is 0. The third kappa shape index (κ3) is 5.36. The number of esters is 1. The lowest BCUT2D eigenvalue weighted by molar-refractivity contribution is -0.143. The topological polar surface area (TPSA) is 44.8 Å². The minimum atomic E-state index is -0.236. The molecule has 94 valence electrons. The molecular weight excluding hydrogens is 220 g/mol. The summed E-state index contributed by atoms with van der Waals surface area (Å²) < 4.78 is 15.3. The second-order valence-corrected chi connectivity index (χ2v) is 3.48. The second-order valence-electron chi connectivity index (χ2n) is 3.48. The van der Waals surface area contributed by atoms with Crippen molar-refractivity contribution in [1.29, 1.82) is 0 Å². The number of methoxy groups -OCH3 is 1. The van der Waals surface area contributed by atoms with Gasteiger partial charge in [0, 0.05) is 7.11 Å². The molecule has 0 unspecified atom stereocenters. The molecule has 0 aliphatic carbocycles. The third-order valence-corrected chi connectivity index (χ3v) is 2.09. The molecule has 4 nitrogen and oxygen atoms in total. The van der Waals surface area contributed by atoms with Crippen LogP contribution in [-0.2, 0) is 20.9 Å². The molecule has 0 spiro atoms. The summed E-state index contributed by atoms with van der Waals surface area (Å²) in [6.45, 7) is 3.07. The SMILES string of the molecule is CCOC(=O)CCOc1cccc(COC)c1. The summed E-state index contributed by atoms with van der Waals surface area (Å²) in [6.07, 6.45) is 0.266. The minimum absolute atomic E-state index is 0.236. The van der Waals surface area contributed by atoms with E-state index in [1.807, 2.05) is 24.3 Å². The number of hydrogen-bond donors (Lipinski definition) is 0. The molecule has 0 amide bonds. The maximum Gasteiger partial charge on any atom is 0.309 e. The van der Waals surface area contributed by atoms with Crippen LogP contribution in [0.5, 0.6) is 5.75 Å². The number of carbonyl (C=O) groups excluding carboxylic acids is 1. The third-order valence-electron chi connectivity index (χ3n) is 2.09. The van der Waals surface area contributed by atoms with Crippen molar-refractivity contribution in [3.05, 3.63) is 29.8 Å². The van der Waals surface area contributed by atoms with Crippen molar-refractivity contribution in [2.24, 2.45) is 0 Å². The highest BCUT2D eigenvalue weighted by Crippen LogP contribution is 2.14. The van der Waals surface area contributed by atoms with Crippen molar-refractivity contribution in [2.45, 2.75) is 20.0 Å². The maximum absolute atomic E-state index is 11.1. The molecule has 0 aromatic heterocycles. The Balaban J connectivity index is 2.35. The van der Waals surface area contributed by atoms with Gasteiger partial charge in [0.2, 0.25) is 0 Å². The molecule has 0 aliphatic rings. The molecule has 0 N–H and O–H groups in total. The first-order chi connectivity index (χ1) is 8.26. The van der Waals surface area contributed by atoms with Crippen LogP contribution in [0.4, 0.5) is 0 Å². The van der Waals surface area contributed by atoms with Crippen LogP contribution in [0.2, 0.25) is 0 Å². The van der Waals surface area contributed by atoms with Gasteiger partial charge in [-0.05, 0) is 24.6 Å². The normalized spacial score (nSPS) is 10.0. The van der Waals surface area contributed by atoms with Crippen LogP contribution in [0.25, 0.3) is 0 Å². The van der Waals surface area contributed by atoms with Crippen LogP contribution < -0.4 is 4.74 Å². The van der Waals surface area contributed by atoms with E-state index in [0.717, 1.165) is 11.3 Å². The van der Waals surface area contributed by atoms with E-state index in [2.05, 4.69) is 0 Å². The van der Waals surface area contributed by atoms with Gasteiger partial charge >= 0.3 is 5.97 Å². The Labute approximate surface area is 101 Å². The maximum atomic E-state index is 11.1. The lowest BCUT2D eigenvalue weighted by atomic mass is 10.2. The smallest absolute Gasteiger partial charge is 0.309 e. The van der Waals surface area contributed by atoms with E-state index in [1.54, 1.807) is 14.0 Å². The van der Waals surface area contributed by atoms with Crippen LogP contribution in [-0.4, -0.2) is 26.3 Å². The summed E-state index contributed by atoms with van der Waals surface area (Å²) in [4.78, 5) is 11.1. The standard InChI is InChI=1S/C13H18O4/c1-3-16-13(14)7-8-17-12-6-4-5-11(9-12)10-15-2/h4-6,9H,3,7-8,10H2,1-2H3. The highest BCUT2D eigenvalue weighted by molar-refractivity contribution is 5.69. The first-order valence-corrected chi connectivity index (χ1v) is 5.62. The van der Waals surface area contributed by atoms with Crippen LogP contribution in [0.1, 0.15) is 18.9 Å². The van der Waals surface area contributed by atoms with E-state index in [1.165, 1.54) is 0 Å². The molecule has 0 aliphatic heterocycles. The van der Waals surface area contributed by atoms with E-state index in [4.69, 9.17) is 14.2 Å². The van der Waals surface area contributed by atoms with Gasteiger partial charge in [-0.1, -0.05) is 12.1 Å². The van der Waals surface area contributed by atoms with Gasteiger partial charge in [-0.2, -0.15) is 0 Å². The second kappa shape index (κ2) is 7.68. The fourth-order valence-corrected chi connectivity index (χ4v) is 1.38. The lowest BCUT2D eigenvalue weighted by Gasteiger charge is -2.07. The molecule has 17 heavy (non-hydrogen) atoms. The predicted octanol–water partition coefficient (Wildman–Crippen LogP) is 2.17. The number of carbonyl (C=O) groups is 1. The zero-order valence-electron chi connectivity index (χ0n) is 10.3. The largest absolute Gasteiger partial charge is 0.493 e. The Hall–Kier alpha value is -1.55. The molecule has 1 aromatic carbocycles. The van der Waals surface area contributed by atoms with Gasteiger partial charge in [0.15, 0.2) is 0 Å². The van der Waals surface area contributed by atoms with Crippen molar-refractivity contribution < 1.29 is 19.0 Å². The fraction of sp³-hybridized carbons (Fsp3) is 0.462. The number of rotatable bonds is 7. The van der Waals surface area contributed by atoms with Gasteiger partial charge in [0.1, 0.15) is 5.75 Å². The Morgan fingerprint density at radius 3 is 2.88 bits per heavy atom. The highest BCUT2D eigenvalue weighted by atomic mass is 16.5. The van der Waals surface area contributed by atoms with Crippen molar-refractivity contribution in [3.8, 4) is 5.75 Å². The van der Waals surface area contributed by atoms with E-state index in [9.17, 15) is 4.79 Å².